The van der Waals surface area contributed by atoms with Crippen LogP contribution < -0.4 is 15.6 Å². The second kappa shape index (κ2) is 9.17. The van der Waals surface area contributed by atoms with Crippen LogP contribution in [0.5, 0.6) is 5.75 Å². The predicted molar refractivity (Wildman–Crippen MR) is 106 cm³/mol. The summed E-state index contributed by atoms with van der Waals surface area (Å²) in [6.45, 7) is 1.83. The van der Waals surface area contributed by atoms with Gasteiger partial charge in [0.25, 0.3) is 5.56 Å². The Morgan fingerprint density at radius 3 is 2.61 bits per heavy atom. The zero-order valence-electron chi connectivity index (χ0n) is 16.5. The molecule has 0 aliphatic heterocycles. The maximum absolute atomic E-state index is 12.5. The predicted octanol–water partition coefficient (Wildman–Crippen LogP) is 2.84. The number of amides is 1. The molecule has 3 rings (SSSR count). The van der Waals surface area contributed by atoms with Crippen molar-refractivity contribution in [2.24, 2.45) is 0 Å². The lowest BCUT2D eigenvalue weighted by atomic mass is 10.1. The van der Waals surface area contributed by atoms with E-state index in [9.17, 15) is 27.9 Å². The normalized spacial score (nSPS) is 12.5. The first-order chi connectivity index (χ1) is 14.6. The van der Waals surface area contributed by atoms with Crippen LogP contribution in [0.4, 0.5) is 13.2 Å². The molecular formula is C21H20F3N3O4. The summed E-state index contributed by atoms with van der Waals surface area (Å²) < 4.78 is 41.7. The third-order valence-electron chi connectivity index (χ3n) is 4.63. The van der Waals surface area contributed by atoms with E-state index in [-0.39, 0.29) is 25.1 Å². The van der Waals surface area contributed by atoms with Gasteiger partial charge in [0, 0.05) is 19.5 Å². The number of benzene rings is 2. The zero-order chi connectivity index (χ0) is 22.6. The highest BCUT2D eigenvalue weighted by atomic mass is 19.4. The van der Waals surface area contributed by atoms with Crippen molar-refractivity contribution in [3.8, 4) is 5.75 Å². The fourth-order valence-electron chi connectivity index (χ4n) is 3.03. The van der Waals surface area contributed by atoms with Crippen LogP contribution in [0.15, 0.2) is 53.6 Å². The number of nitrogens with zero attached hydrogens (tertiary/aromatic N) is 2. The average Bonchev–Trinajstić information content (AvgIpc) is 2.71. The summed E-state index contributed by atoms with van der Waals surface area (Å²) in [6.07, 6.45) is -4.53. The largest absolute Gasteiger partial charge is 0.573 e. The van der Waals surface area contributed by atoms with E-state index in [1.807, 2.05) is 13.0 Å². The summed E-state index contributed by atoms with van der Waals surface area (Å²) in [6, 6.07) is 10.0. The van der Waals surface area contributed by atoms with Gasteiger partial charge in [-0.05, 0) is 36.2 Å². The smallest absolute Gasteiger partial charge is 0.406 e. The number of aryl methyl sites for hydroxylation is 2. The minimum Gasteiger partial charge on any atom is -0.406 e. The number of aliphatic hydroxyl groups excluding tert-OH is 1. The quantitative estimate of drug-likeness (QED) is 0.595. The van der Waals surface area contributed by atoms with Crippen LogP contribution in [0.1, 0.15) is 23.7 Å². The van der Waals surface area contributed by atoms with Crippen LogP contribution in [-0.2, 0) is 11.3 Å². The van der Waals surface area contributed by atoms with E-state index in [2.05, 4.69) is 15.0 Å². The molecule has 3 aromatic rings. The van der Waals surface area contributed by atoms with Crippen molar-refractivity contribution >= 4 is 16.8 Å². The van der Waals surface area contributed by atoms with Crippen molar-refractivity contribution in [2.75, 3.05) is 6.54 Å². The first kappa shape index (κ1) is 22.3. The number of aliphatic hydroxyl groups is 1. The molecule has 1 heterocycles. The number of ether oxygens (including phenoxy) is 1. The van der Waals surface area contributed by atoms with Crippen LogP contribution in [0.2, 0.25) is 0 Å². The van der Waals surface area contributed by atoms with Gasteiger partial charge in [-0.2, -0.15) is 0 Å². The second-order valence-electron chi connectivity index (χ2n) is 6.90. The van der Waals surface area contributed by atoms with Gasteiger partial charge in [-0.15, -0.1) is 13.2 Å². The highest BCUT2D eigenvalue weighted by Gasteiger charge is 2.31. The molecule has 0 saturated carbocycles. The molecule has 31 heavy (non-hydrogen) atoms. The molecule has 0 aliphatic carbocycles. The molecule has 164 valence electrons. The van der Waals surface area contributed by atoms with Crippen molar-refractivity contribution < 1.29 is 27.8 Å². The van der Waals surface area contributed by atoms with Gasteiger partial charge >= 0.3 is 6.36 Å². The summed E-state index contributed by atoms with van der Waals surface area (Å²) in [7, 11) is 0. The lowest BCUT2D eigenvalue weighted by molar-refractivity contribution is -0.274. The van der Waals surface area contributed by atoms with Crippen LogP contribution in [0.3, 0.4) is 0 Å². The van der Waals surface area contributed by atoms with Gasteiger partial charge < -0.3 is 15.2 Å². The van der Waals surface area contributed by atoms with Gasteiger partial charge in [0.1, 0.15) is 5.75 Å². The highest BCUT2D eigenvalue weighted by molar-refractivity contribution is 5.80. The number of nitrogens with one attached hydrogen (secondary N) is 1. The Labute approximate surface area is 175 Å². The van der Waals surface area contributed by atoms with Gasteiger partial charge in [-0.3, -0.25) is 14.2 Å². The summed E-state index contributed by atoms with van der Waals surface area (Å²) in [5, 5.41) is 13.1. The number of hydrogen-bond acceptors (Lipinski definition) is 5. The summed E-state index contributed by atoms with van der Waals surface area (Å²) in [5.74, 6) is -0.801. The molecule has 1 atom stereocenters. The molecule has 2 N–H and O–H groups in total. The number of aromatic nitrogens is 2. The number of rotatable bonds is 7. The van der Waals surface area contributed by atoms with Crippen LogP contribution in [0.25, 0.3) is 10.9 Å². The number of carbonyl (C=O) groups excluding carboxylic acids is 1. The summed E-state index contributed by atoms with van der Waals surface area (Å²) in [4.78, 5) is 28.9. The molecule has 0 spiro atoms. The molecule has 7 nitrogen and oxygen atoms in total. The third kappa shape index (κ3) is 5.82. The van der Waals surface area contributed by atoms with Gasteiger partial charge in [0.05, 0.1) is 23.3 Å². The molecule has 0 aliphatic rings. The first-order valence-electron chi connectivity index (χ1n) is 9.39. The lowest BCUT2D eigenvalue weighted by Crippen LogP contribution is -2.30. The first-order valence-corrected chi connectivity index (χ1v) is 9.39. The van der Waals surface area contributed by atoms with Crippen LogP contribution in [0, 0.1) is 6.92 Å². The zero-order valence-corrected chi connectivity index (χ0v) is 16.5. The Morgan fingerprint density at radius 1 is 1.23 bits per heavy atom. The maximum Gasteiger partial charge on any atom is 0.573 e. The molecule has 0 fully saturated rings. The van der Waals surface area contributed by atoms with E-state index in [1.165, 1.54) is 23.0 Å². The Balaban J connectivity index is 1.53. The molecule has 0 radical (unpaired) electrons. The molecule has 0 saturated heterocycles. The molecular weight excluding hydrogens is 415 g/mol. The average molecular weight is 435 g/mol. The number of fused-ring (bicyclic) bond motifs is 1. The van der Waals surface area contributed by atoms with E-state index in [0.29, 0.717) is 16.5 Å². The number of carbonyl (C=O) groups is 1. The fraction of sp³-hybridized carbons (Fsp3) is 0.286. The fourth-order valence-corrected chi connectivity index (χ4v) is 3.03. The van der Waals surface area contributed by atoms with Gasteiger partial charge in [-0.1, -0.05) is 24.3 Å². The molecule has 2 aromatic carbocycles. The van der Waals surface area contributed by atoms with Crippen molar-refractivity contribution in [3.05, 3.63) is 70.3 Å². The van der Waals surface area contributed by atoms with E-state index in [4.69, 9.17) is 0 Å². The molecule has 1 amide bonds. The standard InChI is InChI=1S/C21H20F3N3O4/c1-13-3-2-4-16-19(13)26-12-27(20(16)30)10-9-18(29)25-11-17(28)14-5-7-15(8-6-14)31-21(22,23)24/h2-8,12,17,28H,9-11H2,1H3,(H,25,29). The van der Waals surface area contributed by atoms with E-state index >= 15 is 0 Å². The highest BCUT2D eigenvalue weighted by Crippen LogP contribution is 2.24. The monoisotopic (exact) mass is 435 g/mol. The number of hydrogen-bond donors (Lipinski definition) is 2. The second-order valence-corrected chi connectivity index (χ2v) is 6.90. The minimum absolute atomic E-state index is 0.00993. The van der Waals surface area contributed by atoms with Crippen molar-refractivity contribution in [2.45, 2.75) is 32.4 Å². The van der Waals surface area contributed by atoms with Crippen LogP contribution >= 0.6 is 0 Å². The number of halogens is 3. The molecule has 1 aromatic heterocycles. The Kier molecular flexibility index (Phi) is 6.59. The Morgan fingerprint density at radius 2 is 1.94 bits per heavy atom. The topological polar surface area (TPSA) is 93.5 Å². The minimum atomic E-state index is -4.80. The Hall–Kier alpha value is -3.40. The third-order valence-corrected chi connectivity index (χ3v) is 4.63. The van der Waals surface area contributed by atoms with Crippen molar-refractivity contribution in [3.63, 3.8) is 0 Å². The maximum atomic E-state index is 12.5. The van der Waals surface area contributed by atoms with E-state index < -0.39 is 24.1 Å². The van der Waals surface area contributed by atoms with Gasteiger partial charge in [0.2, 0.25) is 5.91 Å². The summed E-state index contributed by atoms with van der Waals surface area (Å²) >= 11 is 0. The van der Waals surface area contributed by atoms with Crippen LogP contribution in [-0.4, -0.2) is 33.5 Å². The van der Waals surface area contributed by atoms with Gasteiger partial charge in [-0.25, -0.2) is 4.98 Å². The lowest BCUT2D eigenvalue weighted by Gasteiger charge is -2.14. The Bertz CT molecular complexity index is 1130. The van der Waals surface area contributed by atoms with E-state index in [1.54, 1.807) is 12.1 Å². The molecule has 1 unspecified atom stereocenters. The summed E-state index contributed by atoms with van der Waals surface area (Å²) in [5.41, 5.74) is 1.57. The SMILES string of the molecule is Cc1cccc2c(=O)n(CCC(=O)NCC(O)c3ccc(OC(F)(F)F)cc3)cnc12. The number of alkyl halides is 3. The molecule has 10 heteroatoms. The van der Waals surface area contributed by atoms with Crippen molar-refractivity contribution in [1.29, 1.82) is 0 Å². The van der Waals surface area contributed by atoms with E-state index in [0.717, 1.165) is 17.7 Å². The van der Waals surface area contributed by atoms with Gasteiger partial charge in [0.15, 0.2) is 0 Å². The van der Waals surface area contributed by atoms with Crippen molar-refractivity contribution in [1.82, 2.24) is 14.9 Å². The number of para-hydroxylation sites is 1. The molecule has 0 bridgehead atoms.